The molecule has 1 fully saturated rings. The Morgan fingerprint density at radius 1 is 1.30 bits per heavy atom. The number of hydrogen-bond acceptors (Lipinski definition) is 2. The average Bonchev–Trinajstić information content (AvgIpc) is 2.45. The maximum absolute atomic E-state index is 12.7. The van der Waals surface area contributed by atoms with Gasteiger partial charge in [-0.25, -0.2) is 0 Å². The van der Waals surface area contributed by atoms with Crippen molar-refractivity contribution in [3.8, 4) is 5.75 Å². The van der Waals surface area contributed by atoms with Crippen LogP contribution in [-0.4, -0.2) is 29.0 Å². The van der Waals surface area contributed by atoms with Crippen molar-refractivity contribution >= 4 is 16.7 Å². The standard InChI is InChI=1S/C17H19NO2/c1-12-4-3-9-18(11-12)17(20)16-6-2-5-13-10-14(19)7-8-15(13)16/h2,5-8,10,12,19H,3-4,9,11H2,1H3. The van der Waals surface area contributed by atoms with Crippen molar-refractivity contribution in [1.29, 1.82) is 0 Å². The van der Waals surface area contributed by atoms with Gasteiger partial charge < -0.3 is 10.0 Å². The molecule has 0 aromatic heterocycles. The van der Waals surface area contributed by atoms with E-state index in [0.29, 0.717) is 5.92 Å². The molecule has 0 aliphatic carbocycles. The van der Waals surface area contributed by atoms with Gasteiger partial charge >= 0.3 is 0 Å². The van der Waals surface area contributed by atoms with Gasteiger partial charge in [-0.2, -0.15) is 0 Å². The number of hydrogen-bond donors (Lipinski definition) is 1. The Hall–Kier alpha value is -2.03. The largest absolute Gasteiger partial charge is 0.508 e. The summed E-state index contributed by atoms with van der Waals surface area (Å²) < 4.78 is 0. The molecule has 1 N–H and O–H groups in total. The number of likely N-dealkylation sites (tertiary alicyclic amines) is 1. The van der Waals surface area contributed by atoms with Crippen molar-refractivity contribution in [2.24, 2.45) is 5.92 Å². The second-order valence-corrected chi connectivity index (χ2v) is 5.71. The van der Waals surface area contributed by atoms with Crippen LogP contribution in [0.25, 0.3) is 10.8 Å². The molecule has 1 aliphatic rings. The fourth-order valence-corrected chi connectivity index (χ4v) is 3.00. The van der Waals surface area contributed by atoms with Gasteiger partial charge in [0.05, 0.1) is 0 Å². The van der Waals surface area contributed by atoms with Crippen LogP contribution in [0.5, 0.6) is 5.75 Å². The Balaban J connectivity index is 1.99. The van der Waals surface area contributed by atoms with Crippen LogP contribution >= 0.6 is 0 Å². The average molecular weight is 269 g/mol. The van der Waals surface area contributed by atoms with Crippen molar-refractivity contribution in [3.63, 3.8) is 0 Å². The lowest BCUT2D eigenvalue weighted by Crippen LogP contribution is -2.39. The molecule has 0 saturated carbocycles. The zero-order valence-electron chi connectivity index (χ0n) is 11.7. The summed E-state index contributed by atoms with van der Waals surface area (Å²) in [5.74, 6) is 0.910. The van der Waals surface area contributed by atoms with Crippen LogP contribution in [-0.2, 0) is 0 Å². The van der Waals surface area contributed by atoms with Crippen molar-refractivity contribution in [2.45, 2.75) is 19.8 Å². The second-order valence-electron chi connectivity index (χ2n) is 5.71. The Kier molecular flexibility index (Phi) is 3.35. The number of piperidine rings is 1. The molecule has 104 valence electrons. The Morgan fingerprint density at radius 2 is 2.15 bits per heavy atom. The smallest absolute Gasteiger partial charge is 0.254 e. The first-order valence-corrected chi connectivity index (χ1v) is 7.16. The molecule has 1 heterocycles. The van der Waals surface area contributed by atoms with Crippen LogP contribution in [0.2, 0.25) is 0 Å². The molecule has 3 rings (SSSR count). The van der Waals surface area contributed by atoms with Gasteiger partial charge in [0.25, 0.3) is 5.91 Å². The van der Waals surface area contributed by atoms with Crippen LogP contribution in [0.4, 0.5) is 0 Å². The third-order valence-electron chi connectivity index (χ3n) is 4.04. The highest BCUT2D eigenvalue weighted by atomic mass is 16.3. The van der Waals surface area contributed by atoms with E-state index in [-0.39, 0.29) is 11.7 Å². The first-order valence-electron chi connectivity index (χ1n) is 7.16. The van der Waals surface area contributed by atoms with E-state index < -0.39 is 0 Å². The van der Waals surface area contributed by atoms with E-state index in [0.717, 1.165) is 35.8 Å². The summed E-state index contributed by atoms with van der Waals surface area (Å²) in [5.41, 5.74) is 0.733. The van der Waals surface area contributed by atoms with E-state index in [1.54, 1.807) is 12.1 Å². The summed E-state index contributed by atoms with van der Waals surface area (Å²) in [5, 5.41) is 11.4. The molecule has 0 radical (unpaired) electrons. The molecule has 1 saturated heterocycles. The van der Waals surface area contributed by atoms with E-state index in [1.165, 1.54) is 6.42 Å². The van der Waals surface area contributed by atoms with Gasteiger partial charge in [-0.3, -0.25) is 4.79 Å². The van der Waals surface area contributed by atoms with Crippen molar-refractivity contribution in [2.75, 3.05) is 13.1 Å². The number of fused-ring (bicyclic) bond motifs is 1. The van der Waals surface area contributed by atoms with Gasteiger partial charge in [-0.05, 0) is 53.8 Å². The maximum atomic E-state index is 12.7. The van der Waals surface area contributed by atoms with Crippen LogP contribution in [0, 0.1) is 5.92 Å². The quantitative estimate of drug-likeness (QED) is 0.861. The summed E-state index contributed by atoms with van der Waals surface area (Å²) in [6, 6.07) is 10.8. The number of phenols is 1. The molecule has 3 nitrogen and oxygen atoms in total. The highest BCUT2D eigenvalue weighted by molar-refractivity contribution is 6.07. The number of phenolic OH excluding ortho intramolecular Hbond substituents is 1. The summed E-state index contributed by atoms with van der Waals surface area (Å²) in [4.78, 5) is 14.7. The maximum Gasteiger partial charge on any atom is 0.254 e. The van der Waals surface area contributed by atoms with Gasteiger partial charge in [0, 0.05) is 18.7 Å². The Labute approximate surface area is 118 Å². The fraction of sp³-hybridized carbons (Fsp3) is 0.353. The number of rotatable bonds is 1. The minimum atomic E-state index is 0.104. The molecule has 2 aromatic carbocycles. The summed E-state index contributed by atoms with van der Waals surface area (Å²) >= 11 is 0. The molecule has 0 spiro atoms. The van der Waals surface area contributed by atoms with Gasteiger partial charge in [-0.1, -0.05) is 19.1 Å². The molecule has 1 amide bonds. The lowest BCUT2D eigenvalue weighted by molar-refractivity contribution is 0.0685. The summed E-state index contributed by atoms with van der Waals surface area (Å²) in [7, 11) is 0. The van der Waals surface area contributed by atoms with Gasteiger partial charge in [0.15, 0.2) is 0 Å². The van der Waals surface area contributed by atoms with E-state index >= 15 is 0 Å². The molecule has 1 atom stereocenters. The highest BCUT2D eigenvalue weighted by Crippen LogP contribution is 2.25. The van der Waals surface area contributed by atoms with E-state index in [4.69, 9.17) is 0 Å². The molecular formula is C17H19NO2. The number of aromatic hydroxyl groups is 1. The number of nitrogens with zero attached hydrogens (tertiary/aromatic N) is 1. The minimum absolute atomic E-state index is 0.104. The first kappa shape index (κ1) is 13.0. The predicted octanol–water partition coefficient (Wildman–Crippen LogP) is 3.42. The number of benzene rings is 2. The van der Waals surface area contributed by atoms with Crippen molar-refractivity contribution in [3.05, 3.63) is 42.0 Å². The van der Waals surface area contributed by atoms with E-state index in [1.807, 2.05) is 29.2 Å². The molecule has 2 aromatic rings. The zero-order valence-corrected chi connectivity index (χ0v) is 11.7. The normalized spacial score (nSPS) is 19.2. The molecule has 0 bridgehead atoms. The first-order chi connectivity index (χ1) is 9.65. The van der Waals surface area contributed by atoms with E-state index in [9.17, 15) is 9.90 Å². The Morgan fingerprint density at radius 3 is 2.95 bits per heavy atom. The molecule has 20 heavy (non-hydrogen) atoms. The molecule has 3 heteroatoms. The van der Waals surface area contributed by atoms with Crippen LogP contribution in [0.15, 0.2) is 36.4 Å². The SMILES string of the molecule is CC1CCCN(C(=O)c2cccc3cc(O)ccc23)C1. The van der Waals surface area contributed by atoms with Gasteiger partial charge in [0.2, 0.25) is 0 Å². The lowest BCUT2D eigenvalue weighted by Gasteiger charge is -2.31. The third kappa shape index (κ3) is 2.36. The molecule has 1 aliphatic heterocycles. The Bertz CT molecular complexity index is 650. The van der Waals surface area contributed by atoms with Crippen LogP contribution in [0.3, 0.4) is 0 Å². The highest BCUT2D eigenvalue weighted by Gasteiger charge is 2.23. The van der Waals surface area contributed by atoms with E-state index in [2.05, 4.69) is 6.92 Å². The zero-order chi connectivity index (χ0) is 14.1. The number of amides is 1. The van der Waals surface area contributed by atoms with Gasteiger partial charge in [-0.15, -0.1) is 0 Å². The second kappa shape index (κ2) is 5.16. The predicted molar refractivity (Wildman–Crippen MR) is 79.9 cm³/mol. The van der Waals surface area contributed by atoms with Crippen molar-refractivity contribution < 1.29 is 9.90 Å². The van der Waals surface area contributed by atoms with Crippen molar-refractivity contribution in [1.82, 2.24) is 4.90 Å². The summed E-state index contributed by atoms with van der Waals surface area (Å²) in [6.07, 6.45) is 2.28. The molecular weight excluding hydrogens is 250 g/mol. The third-order valence-corrected chi connectivity index (χ3v) is 4.04. The van der Waals surface area contributed by atoms with Gasteiger partial charge in [0.1, 0.15) is 5.75 Å². The summed E-state index contributed by atoms with van der Waals surface area (Å²) in [6.45, 7) is 3.88. The van der Waals surface area contributed by atoms with Crippen LogP contribution < -0.4 is 0 Å². The number of carbonyl (C=O) groups is 1. The molecule has 1 unspecified atom stereocenters. The lowest BCUT2D eigenvalue weighted by atomic mass is 9.98. The minimum Gasteiger partial charge on any atom is -0.508 e. The fourth-order valence-electron chi connectivity index (χ4n) is 3.00. The topological polar surface area (TPSA) is 40.5 Å². The number of carbonyl (C=O) groups excluding carboxylic acids is 1. The van der Waals surface area contributed by atoms with Crippen LogP contribution in [0.1, 0.15) is 30.1 Å². The monoisotopic (exact) mass is 269 g/mol.